The second kappa shape index (κ2) is 10.2. The molecule has 0 spiro atoms. The zero-order valence-corrected chi connectivity index (χ0v) is 22.7. The molecule has 12 heteroatoms. The van der Waals surface area contributed by atoms with Gasteiger partial charge in [-0.15, -0.1) is 0 Å². The Balaban J connectivity index is 1.53. The van der Waals surface area contributed by atoms with Gasteiger partial charge in [-0.3, -0.25) is 19.4 Å². The number of hydrogen-bond donors (Lipinski definition) is 3. The van der Waals surface area contributed by atoms with Crippen molar-refractivity contribution in [3.05, 3.63) is 61.7 Å². The van der Waals surface area contributed by atoms with E-state index < -0.39 is 17.9 Å². The Morgan fingerprint density at radius 1 is 1.32 bits per heavy atom. The number of nitrogens with zero attached hydrogens (tertiary/aromatic N) is 4. The van der Waals surface area contributed by atoms with E-state index >= 15 is 4.39 Å². The van der Waals surface area contributed by atoms with E-state index in [2.05, 4.69) is 15.4 Å². The molecule has 2 unspecified atom stereocenters. The van der Waals surface area contributed by atoms with E-state index in [0.717, 1.165) is 22.1 Å². The number of fused-ring (bicyclic) bond motifs is 5. The van der Waals surface area contributed by atoms with Crippen LogP contribution in [0, 0.1) is 12.7 Å². The topological polar surface area (TPSA) is 161 Å². The molecule has 212 valence electrons. The number of nitrogens with one attached hydrogen (secondary N) is 1. The highest BCUT2D eigenvalue weighted by atomic mass is 19.1. The van der Waals surface area contributed by atoms with Crippen LogP contribution in [0.25, 0.3) is 22.3 Å². The number of aliphatic imine (C=N–C) groups is 1. The summed E-state index contributed by atoms with van der Waals surface area (Å²) in [7, 11) is 0. The van der Waals surface area contributed by atoms with E-state index in [1.807, 2.05) is 13.0 Å². The first-order valence-corrected chi connectivity index (χ1v) is 13.6. The average Bonchev–Trinajstić information content (AvgIpc) is 3.33. The van der Waals surface area contributed by atoms with Gasteiger partial charge in [0.25, 0.3) is 11.5 Å². The lowest BCUT2D eigenvalue weighted by Gasteiger charge is -2.29. The standard InChI is InChI=1S/C29H29FN6O5/c1-3-14-16-8-23-26-17(11-36(23)28(39)18(16)12-41-29(14)40)25-20(34-27(38)22(35-31)10-32-6-7-37)5-4-15-13(2)19(30)9-21(33-26)24(15)25/h8-10,14,20,37H,3-7,11-12,31H2,1-2H3,(H,34,38)/b32-10?,35-22+. The van der Waals surface area contributed by atoms with Crippen LogP contribution in [0.3, 0.4) is 0 Å². The van der Waals surface area contributed by atoms with E-state index in [1.165, 1.54) is 12.3 Å². The second-order valence-electron chi connectivity index (χ2n) is 10.5. The maximum absolute atomic E-state index is 15.1. The number of pyridine rings is 2. The smallest absolute Gasteiger partial charge is 0.313 e. The summed E-state index contributed by atoms with van der Waals surface area (Å²) in [5.41, 5.74) is 5.09. The van der Waals surface area contributed by atoms with E-state index in [4.69, 9.17) is 20.7 Å². The Labute approximate surface area is 233 Å². The van der Waals surface area contributed by atoms with Crippen LogP contribution in [0.15, 0.2) is 27.0 Å². The number of cyclic esters (lactones) is 1. The Morgan fingerprint density at radius 3 is 2.85 bits per heavy atom. The monoisotopic (exact) mass is 560 g/mol. The van der Waals surface area contributed by atoms with Crippen LogP contribution in [0.1, 0.15) is 65.1 Å². The largest absolute Gasteiger partial charge is 0.460 e. The van der Waals surface area contributed by atoms with Crippen LogP contribution < -0.4 is 16.7 Å². The minimum absolute atomic E-state index is 0.0886. The molecular formula is C29H29FN6O5. The van der Waals surface area contributed by atoms with Crippen molar-refractivity contribution in [3.8, 4) is 11.4 Å². The van der Waals surface area contributed by atoms with Crippen molar-refractivity contribution in [2.24, 2.45) is 15.9 Å². The second-order valence-corrected chi connectivity index (χ2v) is 10.5. The van der Waals surface area contributed by atoms with E-state index in [0.29, 0.717) is 52.9 Å². The molecule has 1 amide bonds. The van der Waals surface area contributed by atoms with E-state index in [1.54, 1.807) is 11.5 Å². The molecule has 2 aromatic heterocycles. The molecule has 3 aromatic rings. The van der Waals surface area contributed by atoms with Crippen LogP contribution in [-0.2, 0) is 33.9 Å². The third-order valence-electron chi connectivity index (χ3n) is 8.32. The number of nitrogens with two attached hydrogens (primary N) is 1. The molecule has 0 saturated carbocycles. The summed E-state index contributed by atoms with van der Waals surface area (Å²) in [6.07, 6.45) is 2.67. The number of halogens is 1. The van der Waals surface area contributed by atoms with Crippen molar-refractivity contribution in [1.82, 2.24) is 14.9 Å². The highest BCUT2D eigenvalue weighted by molar-refractivity contribution is 6.60. The summed E-state index contributed by atoms with van der Waals surface area (Å²) in [5.74, 6) is 3.61. The highest BCUT2D eigenvalue weighted by Gasteiger charge is 2.37. The third kappa shape index (κ3) is 4.12. The first kappa shape index (κ1) is 26.8. The summed E-state index contributed by atoms with van der Waals surface area (Å²) in [4.78, 5) is 48.2. The third-order valence-corrected chi connectivity index (χ3v) is 8.32. The maximum atomic E-state index is 15.1. The van der Waals surface area contributed by atoms with Gasteiger partial charge in [-0.05, 0) is 54.5 Å². The van der Waals surface area contributed by atoms with Crippen molar-refractivity contribution < 1.29 is 23.8 Å². The number of aromatic nitrogens is 2. The van der Waals surface area contributed by atoms with E-state index in [-0.39, 0.29) is 49.4 Å². The van der Waals surface area contributed by atoms with Crippen LogP contribution in [-0.4, -0.2) is 51.6 Å². The molecule has 4 heterocycles. The van der Waals surface area contributed by atoms with Gasteiger partial charge < -0.3 is 25.6 Å². The van der Waals surface area contributed by atoms with Crippen molar-refractivity contribution >= 4 is 34.7 Å². The number of hydrazone groups is 1. The molecule has 6 rings (SSSR count). The fourth-order valence-electron chi connectivity index (χ4n) is 6.31. The van der Waals surface area contributed by atoms with Gasteiger partial charge in [0.15, 0.2) is 5.71 Å². The van der Waals surface area contributed by atoms with Crippen LogP contribution in [0.4, 0.5) is 4.39 Å². The van der Waals surface area contributed by atoms with Crippen LogP contribution in [0.2, 0.25) is 0 Å². The number of aryl methyl sites for hydroxylation is 1. The molecule has 0 fully saturated rings. The quantitative estimate of drug-likeness (QED) is 0.140. The number of benzene rings is 1. The lowest BCUT2D eigenvalue weighted by atomic mass is 9.81. The summed E-state index contributed by atoms with van der Waals surface area (Å²) >= 11 is 0. The molecule has 1 aliphatic carbocycles. The fourth-order valence-corrected chi connectivity index (χ4v) is 6.31. The van der Waals surface area contributed by atoms with Crippen molar-refractivity contribution in [2.45, 2.75) is 58.2 Å². The molecule has 3 aliphatic rings. The van der Waals surface area contributed by atoms with Gasteiger partial charge in [-0.1, -0.05) is 6.92 Å². The van der Waals surface area contributed by atoms with E-state index in [9.17, 15) is 14.4 Å². The lowest BCUT2D eigenvalue weighted by Crippen LogP contribution is -2.37. The minimum atomic E-state index is -0.555. The van der Waals surface area contributed by atoms with Gasteiger partial charge in [0, 0.05) is 17.0 Å². The van der Waals surface area contributed by atoms with Crippen LogP contribution >= 0.6 is 0 Å². The predicted octanol–water partition coefficient (Wildman–Crippen LogP) is 1.90. The molecule has 4 N–H and O–H groups in total. The summed E-state index contributed by atoms with van der Waals surface area (Å²) < 4.78 is 22.0. The molecule has 0 bridgehead atoms. The van der Waals surface area contributed by atoms with Crippen molar-refractivity contribution in [3.63, 3.8) is 0 Å². The number of hydrogen-bond acceptors (Lipinski definition) is 9. The highest BCUT2D eigenvalue weighted by Crippen LogP contribution is 2.45. The van der Waals surface area contributed by atoms with Crippen LogP contribution in [0.5, 0.6) is 0 Å². The molecule has 11 nitrogen and oxygen atoms in total. The number of carbonyl (C=O) groups is 2. The zero-order valence-electron chi connectivity index (χ0n) is 22.7. The average molecular weight is 561 g/mol. The van der Waals surface area contributed by atoms with Gasteiger partial charge >= 0.3 is 5.97 Å². The minimum Gasteiger partial charge on any atom is -0.460 e. The SMILES string of the molecule is CCC1C(=O)OCc2c1cc1n(c2=O)Cc2c-1nc1cc(F)c(C)c3c1c2C(NC(=O)/C(C=NCCO)=N/N)CC3. The Kier molecular flexibility index (Phi) is 6.65. The predicted molar refractivity (Wildman–Crippen MR) is 149 cm³/mol. The zero-order chi connectivity index (χ0) is 29.0. The van der Waals surface area contributed by atoms with Gasteiger partial charge in [-0.2, -0.15) is 5.10 Å². The fraction of sp³-hybridized carbons (Fsp3) is 0.379. The number of aliphatic hydroxyl groups is 1. The normalized spacial score (nSPS) is 19.2. The summed E-state index contributed by atoms with van der Waals surface area (Å²) in [5, 5.41) is 16.3. The first-order chi connectivity index (χ1) is 19.8. The summed E-state index contributed by atoms with van der Waals surface area (Å²) in [6.45, 7) is 3.62. The maximum Gasteiger partial charge on any atom is 0.313 e. The molecular weight excluding hydrogens is 531 g/mol. The van der Waals surface area contributed by atoms with Crippen molar-refractivity contribution in [1.29, 1.82) is 0 Å². The number of ether oxygens (including phenoxy) is 1. The lowest BCUT2D eigenvalue weighted by molar-refractivity contribution is -0.148. The van der Waals surface area contributed by atoms with Crippen molar-refractivity contribution in [2.75, 3.05) is 13.2 Å². The molecule has 1 aromatic carbocycles. The molecule has 0 radical (unpaired) electrons. The number of aliphatic hydroxyl groups excluding tert-OH is 1. The summed E-state index contributed by atoms with van der Waals surface area (Å²) in [6, 6.07) is 2.72. The first-order valence-electron chi connectivity index (χ1n) is 13.6. The molecule has 0 saturated heterocycles. The Morgan fingerprint density at radius 2 is 2.12 bits per heavy atom. The number of rotatable bonds is 6. The Hall–Kier alpha value is -4.45. The Bertz CT molecular complexity index is 1760. The molecule has 41 heavy (non-hydrogen) atoms. The van der Waals surface area contributed by atoms with Gasteiger partial charge in [-0.25, -0.2) is 9.37 Å². The number of amides is 1. The van der Waals surface area contributed by atoms with Gasteiger partial charge in [0.1, 0.15) is 12.4 Å². The van der Waals surface area contributed by atoms with Gasteiger partial charge in [0.05, 0.1) is 60.3 Å². The molecule has 2 atom stereocenters. The molecule has 2 aliphatic heterocycles. The van der Waals surface area contributed by atoms with Gasteiger partial charge in [0.2, 0.25) is 0 Å². The number of esters is 1. The number of carbonyl (C=O) groups excluding carboxylic acids is 2.